The van der Waals surface area contributed by atoms with E-state index in [0.29, 0.717) is 0 Å². The third kappa shape index (κ3) is 2.04. The van der Waals surface area contributed by atoms with E-state index in [4.69, 9.17) is 0 Å². The average molecular weight is 232 g/mol. The van der Waals surface area contributed by atoms with Gasteiger partial charge in [0.15, 0.2) is 0 Å². The molecule has 1 fully saturated rings. The summed E-state index contributed by atoms with van der Waals surface area (Å²) in [6.45, 7) is 1.51. The van der Waals surface area contributed by atoms with Crippen molar-refractivity contribution in [2.75, 3.05) is 0 Å². The van der Waals surface area contributed by atoms with Crippen LogP contribution in [0.3, 0.4) is 0 Å². The molecule has 84 valence electrons. The Morgan fingerprint density at radius 1 is 1.47 bits per heavy atom. The summed E-state index contributed by atoms with van der Waals surface area (Å²) in [7, 11) is -4.63. The number of aromatic nitrogens is 2. The first-order chi connectivity index (χ1) is 6.98. The van der Waals surface area contributed by atoms with Crippen LogP contribution in [0.5, 0.6) is 0 Å². The van der Waals surface area contributed by atoms with Gasteiger partial charge in [-0.15, -0.1) is 3.89 Å². The molecule has 0 spiro atoms. The maximum absolute atomic E-state index is 12.8. The molecule has 6 heteroatoms. The zero-order valence-corrected chi connectivity index (χ0v) is 9.30. The van der Waals surface area contributed by atoms with Crippen LogP contribution in [0.25, 0.3) is 0 Å². The topological polar surface area (TPSA) is 52.0 Å². The van der Waals surface area contributed by atoms with Crippen LogP contribution in [-0.2, 0) is 10.2 Å². The number of nitrogens with zero attached hydrogens (tertiary/aromatic N) is 2. The minimum atomic E-state index is -4.63. The van der Waals surface area contributed by atoms with Crippen LogP contribution in [-0.4, -0.2) is 18.2 Å². The third-order valence-corrected chi connectivity index (χ3v) is 3.76. The van der Waals surface area contributed by atoms with Crippen molar-refractivity contribution >= 4 is 10.2 Å². The second-order valence-electron chi connectivity index (χ2n) is 3.93. The lowest BCUT2D eigenvalue weighted by Crippen LogP contribution is -2.04. The van der Waals surface area contributed by atoms with E-state index < -0.39 is 10.2 Å². The monoisotopic (exact) mass is 232 g/mol. The van der Waals surface area contributed by atoms with Gasteiger partial charge < -0.3 is 0 Å². The number of hydrogen-bond donors (Lipinski definition) is 0. The van der Waals surface area contributed by atoms with E-state index in [1.807, 2.05) is 0 Å². The fourth-order valence-corrected chi connectivity index (χ4v) is 2.69. The molecule has 1 aliphatic carbocycles. The molecule has 0 radical (unpaired) electrons. The Labute approximate surface area is 88.3 Å². The molecule has 0 N–H and O–H groups in total. The maximum atomic E-state index is 12.8. The van der Waals surface area contributed by atoms with E-state index in [9.17, 15) is 12.3 Å². The quantitative estimate of drug-likeness (QED) is 0.732. The van der Waals surface area contributed by atoms with Crippen LogP contribution in [0.1, 0.15) is 37.4 Å². The van der Waals surface area contributed by atoms with Gasteiger partial charge in [0.05, 0.1) is 11.7 Å². The van der Waals surface area contributed by atoms with Gasteiger partial charge in [0.1, 0.15) is 4.90 Å². The summed E-state index contributed by atoms with van der Waals surface area (Å²) in [5, 5.41) is 4.06. The molecule has 1 saturated carbocycles. The molecule has 1 heterocycles. The van der Waals surface area contributed by atoms with E-state index in [1.54, 1.807) is 4.68 Å². The number of aryl methyl sites for hydroxylation is 1. The van der Waals surface area contributed by atoms with Crippen molar-refractivity contribution in [1.82, 2.24) is 9.78 Å². The molecule has 2 rings (SSSR count). The van der Waals surface area contributed by atoms with Crippen molar-refractivity contribution in [3.8, 4) is 0 Å². The van der Waals surface area contributed by atoms with Gasteiger partial charge in [0.25, 0.3) is 0 Å². The minimum absolute atomic E-state index is 0.235. The smallest absolute Gasteiger partial charge is 0.268 e. The summed E-state index contributed by atoms with van der Waals surface area (Å²) < 4.78 is 35.9. The molecule has 0 bridgehead atoms. The fraction of sp³-hybridized carbons (Fsp3) is 0.667. The Morgan fingerprint density at radius 3 is 2.53 bits per heavy atom. The number of halogens is 1. The summed E-state index contributed by atoms with van der Waals surface area (Å²) in [5.74, 6) is 0. The van der Waals surface area contributed by atoms with Gasteiger partial charge in [-0.1, -0.05) is 12.8 Å². The number of hydrogen-bond acceptors (Lipinski definition) is 3. The molecule has 1 aromatic rings. The zero-order chi connectivity index (χ0) is 11.1. The van der Waals surface area contributed by atoms with Crippen LogP contribution >= 0.6 is 0 Å². The molecule has 0 aromatic carbocycles. The van der Waals surface area contributed by atoms with Crippen LogP contribution < -0.4 is 0 Å². The first kappa shape index (κ1) is 10.6. The van der Waals surface area contributed by atoms with Crippen molar-refractivity contribution in [3.05, 3.63) is 11.9 Å². The molecule has 0 aliphatic heterocycles. The Bertz CT molecular complexity index is 460. The lowest BCUT2D eigenvalue weighted by molar-refractivity contribution is 0.464. The predicted molar refractivity (Wildman–Crippen MR) is 52.8 cm³/mol. The lowest BCUT2D eigenvalue weighted by Gasteiger charge is -2.08. The van der Waals surface area contributed by atoms with Crippen molar-refractivity contribution in [3.63, 3.8) is 0 Å². The Hall–Kier alpha value is -0.910. The van der Waals surface area contributed by atoms with Crippen molar-refractivity contribution < 1.29 is 12.3 Å². The number of rotatable bonds is 2. The van der Waals surface area contributed by atoms with Gasteiger partial charge >= 0.3 is 10.2 Å². The first-order valence-electron chi connectivity index (χ1n) is 4.99. The molecule has 0 atom stereocenters. The van der Waals surface area contributed by atoms with Crippen LogP contribution in [0.15, 0.2) is 11.1 Å². The average Bonchev–Trinajstić information content (AvgIpc) is 2.68. The summed E-state index contributed by atoms with van der Waals surface area (Å²) in [6, 6.07) is 0.235. The maximum Gasteiger partial charge on any atom is 0.335 e. The lowest BCUT2D eigenvalue weighted by atomic mass is 10.3. The van der Waals surface area contributed by atoms with Gasteiger partial charge in [-0.05, 0) is 19.8 Å². The van der Waals surface area contributed by atoms with Crippen molar-refractivity contribution in [2.45, 2.75) is 43.5 Å². The molecule has 15 heavy (non-hydrogen) atoms. The van der Waals surface area contributed by atoms with Crippen LogP contribution in [0.2, 0.25) is 0 Å². The van der Waals surface area contributed by atoms with Crippen molar-refractivity contribution in [1.29, 1.82) is 0 Å². The summed E-state index contributed by atoms with van der Waals surface area (Å²) in [4.78, 5) is -0.297. The predicted octanol–water partition coefficient (Wildman–Crippen LogP) is 1.96. The minimum Gasteiger partial charge on any atom is -0.268 e. The summed E-state index contributed by atoms with van der Waals surface area (Å²) in [5.41, 5.74) is 0.240. The van der Waals surface area contributed by atoms with E-state index in [2.05, 4.69) is 5.10 Å². The Morgan fingerprint density at radius 2 is 2.07 bits per heavy atom. The van der Waals surface area contributed by atoms with E-state index in [1.165, 1.54) is 13.1 Å². The van der Waals surface area contributed by atoms with E-state index >= 15 is 0 Å². The van der Waals surface area contributed by atoms with Gasteiger partial charge in [0.2, 0.25) is 0 Å². The van der Waals surface area contributed by atoms with Crippen LogP contribution in [0, 0.1) is 6.92 Å². The van der Waals surface area contributed by atoms with Crippen molar-refractivity contribution in [2.24, 2.45) is 0 Å². The molecule has 1 aromatic heterocycles. The van der Waals surface area contributed by atoms with E-state index in [0.717, 1.165) is 25.7 Å². The van der Waals surface area contributed by atoms with Gasteiger partial charge in [0, 0.05) is 6.20 Å². The third-order valence-electron chi connectivity index (χ3n) is 2.83. The molecular formula is C9H13FN2O2S. The fourth-order valence-electron chi connectivity index (χ4n) is 2.06. The summed E-state index contributed by atoms with van der Waals surface area (Å²) in [6.07, 6.45) is 5.54. The Kier molecular flexibility index (Phi) is 2.54. The standard InChI is InChI=1S/C9H13FN2O2S/c1-7-9(15(10,13)14)6-12(11-7)8-4-2-3-5-8/h6,8H,2-5H2,1H3. The molecule has 1 aliphatic rings. The first-order valence-corrected chi connectivity index (χ1v) is 6.37. The van der Waals surface area contributed by atoms with E-state index in [-0.39, 0.29) is 16.6 Å². The molecule has 0 saturated heterocycles. The second kappa shape index (κ2) is 3.59. The zero-order valence-electron chi connectivity index (χ0n) is 8.48. The highest BCUT2D eigenvalue weighted by atomic mass is 32.3. The highest BCUT2D eigenvalue weighted by Gasteiger charge is 2.23. The highest BCUT2D eigenvalue weighted by molar-refractivity contribution is 7.86. The summed E-state index contributed by atoms with van der Waals surface area (Å²) >= 11 is 0. The molecule has 0 amide bonds. The largest absolute Gasteiger partial charge is 0.335 e. The molecule has 0 unspecified atom stereocenters. The normalized spacial score (nSPS) is 18.5. The highest BCUT2D eigenvalue weighted by Crippen LogP contribution is 2.30. The molecule has 4 nitrogen and oxygen atoms in total. The molecular weight excluding hydrogens is 219 g/mol. The van der Waals surface area contributed by atoms with Gasteiger partial charge in [-0.25, -0.2) is 0 Å². The Balaban J connectivity index is 2.36. The van der Waals surface area contributed by atoms with Gasteiger partial charge in [-0.2, -0.15) is 13.5 Å². The van der Waals surface area contributed by atoms with Crippen LogP contribution in [0.4, 0.5) is 3.89 Å². The SMILES string of the molecule is Cc1nn(C2CCCC2)cc1S(=O)(=O)F. The van der Waals surface area contributed by atoms with Gasteiger partial charge in [-0.3, -0.25) is 4.68 Å². The second-order valence-corrected chi connectivity index (χ2v) is 5.25.